The average molecular weight is 373 g/mol. The zero-order chi connectivity index (χ0) is 17.1. The minimum absolute atomic E-state index is 0.242. The second-order valence-corrected chi connectivity index (χ2v) is 6.99. The van der Waals surface area contributed by atoms with E-state index in [9.17, 15) is 4.79 Å². The highest BCUT2D eigenvalue weighted by atomic mass is 32.1. The maximum absolute atomic E-state index is 12.5. The lowest BCUT2D eigenvalue weighted by atomic mass is 10.3. The van der Waals surface area contributed by atoms with Crippen LogP contribution >= 0.6 is 22.9 Å². The first-order chi connectivity index (χ1) is 12.3. The molecule has 3 aromatic heterocycles. The summed E-state index contributed by atoms with van der Waals surface area (Å²) in [4.78, 5) is 23.4. The standard InChI is InChI=1S/C16H15N5O2S2/c22-14(13-10-24-15(20-13)11-3-1-2-4-17-11)19-12-9-18-25-16(12)21-5-7-23-8-6-21/h1-4,9-10H,5-8H2,(H,19,22). The monoisotopic (exact) mass is 373 g/mol. The molecule has 0 aliphatic carbocycles. The molecule has 1 aliphatic rings. The fraction of sp³-hybridized carbons (Fsp3) is 0.250. The maximum atomic E-state index is 12.5. The normalized spacial score (nSPS) is 14.5. The SMILES string of the molecule is O=C(Nc1cnsc1N1CCOCC1)c1csc(-c2ccccn2)n1. The minimum atomic E-state index is -0.242. The van der Waals surface area contributed by atoms with E-state index in [1.807, 2.05) is 18.2 Å². The second kappa shape index (κ2) is 7.26. The number of carbonyl (C=O) groups excluding carboxylic acids is 1. The topological polar surface area (TPSA) is 80.2 Å². The minimum Gasteiger partial charge on any atom is -0.378 e. The molecule has 1 saturated heterocycles. The van der Waals surface area contributed by atoms with E-state index in [1.54, 1.807) is 17.8 Å². The van der Waals surface area contributed by atoms with Gasteiger partial charge in [0.25, 0.3) is 5.91 Å². The van der Waals surface area contributed by atoms with Crippen molar-refractivity contribution in [1.29, 1.82) is 0 Å². The number of pyridine rings is 1. The Kier molecular flexibility index (Phi) is 4.68. The van der Waals surface area contributed by atoms with Gasteiger partial charge in [-0.25, -0.2) is 4.98 Å². The number of amides is 1. The Morgan fingerprint density at radius 1 is 1.28 bits per heavy atom. The summed E-state index contributed by atoms with van der Waals surface area (Å²) < 4.78 is 9.59. The average Bonchev–Trinajstić information content (AvgIpc) is 3.33. The maximum Gasteiger partial charge on any atom is 0.275 e. The summed E-state index contributed by atoms with van der Waals surface area (Å²) in [5.74, 6) is -0.242. The third kappa shape index (κ3) is 3.53. The van der Waals surface area contributed by atoms with Crippen molar-refractivity contribution in [2.24, 2.45) is 0 Å². The highest BCUT2D eigenvalue weighted by Crippen LogP contribution is 2.31. The summed E-state index contributed by atoms with van der Waals surface area (Å²) in [5, 5.41) is 6.34. The molecular weight excluding hydrogens is 358 g/mol. The number of nitrogens with one attached hydrogen (secondary N) is 1. The first-order valence-electron chi connectivity index (χ1n) is 7.77. The number of anilines is 2. The van der Waals surface area contributed by atoms with Crippen molar-refractivity contribution in [2.75, 3.05) is 36.5 Å². The Morgan fingerprint density at radius 3 is 2.96 bits per heavy atom. The van der Waals surface area contributed by atoms with E-state index in [-0.39, 0.29) is 5.91 Å². The number of hydrogen-bond donors (Lipinski definition) is 1. The summed E-state index contributed by atoms with van der Waals surface area (Å²) >= 11 is 2.77. The van der Waals surface area contributed by atoms with Gasteiger partial charge in [0.05, 0.1) is 30.8 Å². The lowest BCUT2D eigenvalue weighted by Crippen LogP contribution is -2.36. The molecule has 4 rings (SSSR count). The van der Waals surface area contributed by atoms with Crippen molar-refractivity contribution in [3.63, 3.8) is 0 Å². The molecule has 9 heteroatoms. The summed E-state index contributed by atoms with van der Waals surface area (Å²) in [5.41, 5.74) is 1.85. The Labute approximate surface area is 152 Å². The molecule has 0 unspecified atom stereocenters. The molecule has 4 heterocycles. The summed E-state index contributed by atoms with van der Waals surface area (Å²) in [6.45, 7) is 2.97. The van der Waals surface area contributed by atoms with Gasteiger partial charge in [-0.3, -0.25) is 9.78 Å². The molecular formula is C16H15N5O2S2. The highest BCUT2D eigenvalue weighted by Gasteiger charge is 2.20. The first-order valence-corrected chi connectivity index (χ1v) is 9.42. The van der Waals surface area contributed by atoms with Crippen molar-refractivity contribution in [1.82, 2.24) is 14.3 Å². The largest absolute Gasteiger partial charge is 0.378 e. The van der Waals surface area contributed by atoms with Crippen molar-refractivity contribution in [3.8, 4) is 10.7 Å². The highest BCUT2D eigenvalue weighted by molar-refractivity contribution is 7.13. The number of hydrogen-bond acceptors (Lipinski definition) is 8. The van der Waals surface area contributed by atoms with E-state index in [0.29, 0.717) is 24.6 Å². The first kappa shape index (κ1) is 16.1. The van der Waals surface area contributed by atoms with Crippen LogP contribution in [-0.4, -0.2) is 46.6 Å². The number of carbonyl (C=O) groups is 1. The molecule has 1 aliphatic heterocycles. The Balaban J connectivity index is 1.50. The van der Waals surface area contributed by atoms with E-state index in [4.69, 9.17) is 4.74 Å². The zero-order valence-corrected chi connectivity index (χ0v) is 14.8. The molecule has 0 saturated carbocycles. The van der Waals surface area contributed by atoms with E-state index in [1.165, 1.54) is 22.9 Å². The smallest absolute Gasteiger partial charge is 0.275 e. The molecule has 25 heavy (non-hydrogen) atoms. The van der Waals surface area contributed by atoms with E-state index in [0.717, 1.165) is 28.8 Å². The van der Waals surface area contributed by atoms with E-state index in [2.05, 4.69) is 24.6 Å². The fourth-order valence-corrected chi connectivity index (χ4v) is 4.02. The Morgan fingerprint density at radius 2 is 2.16 bits per heavy atom. The van der Waals surface area contributed by atoms with Crippen LogP contribution in [-0.2, 0) is 4.74 Å². The number of nitrogens with zero attached hydrogens (tertiary/aromatic N) is 4. The van der Waals surface area contributed by atoms with Crippen LogP contribution in [0.5, 0.6) is 0 Å². The van der Waals surface area contributed by atoms with Crippen molar-refractivity contribution in [3.05, 3.63) is 41.7 Å². The van der Waals surface area contributed by atoms with Gasteiger partial charge in [-0.05, 0) is 23.7 Å². The number of thiazole rings is 1. The molecule has 128 valence electrons. The van der Waals surface area contributed by atoms with Crippen molar-refractivity contribution >= 4 is 39.5 Å². The molecule has 1 fully saturated rings. The number of rotatable bonds is 4. The van der Waals surface area contributed by atoms with Gasteiger partial charge in [-0.15, -0.1) is 11.3 Å². The molecule has 1 amide bonds. The summed E-state index contributed by atoms with van der Waals surface area (Å²) in [6, 6.07) is 5.62. The van der Waals surface area contributed by atoms with Crippen LogP contribution in [0, 0.1) is 0 Å². The quantitative estimate of drug-likeness (QED) is 0.757. The van der Waals surface area contributed by atoms with Crippen LogP contribution in [0.2, 0.25) is 0 Å². The van der Waals surface area contributed by atoms with Crippen LogP contribution in [0.25, 0.3) is 10.7 Å². The zero-order valence-electron chi connectivity index (χ0n) is 13.2. The third-order valence-electron chi connectivity index (χ3n) is 3.72. The Bertz CT molecular complexity index is 858. The molecule has 0 spiro atoms. The van der Waals surface area contributed by atoms with Crippen LogP contribution in [0.1, 0.15) is 10.5 Å². The van der Waals surface area contributed by atoms with Gasteiger partial charge in [0.1, 0.15) is 15.7 Å². The van der Waals surface area contributed by atoms with Gasteiger partial charge in [0, 0.05) is 24.7 Å². The molecule has 3 aromatic rings. The molecule has 0 bridgehead atoms. The molecule has 0 atom stereocenters. The predicted octanol–water partition coefficient (Wildman–Crippen LogP) is 2.75. The van der Waals surface area contributed by atoms with Gasteiger partial charge in [-0.1, -0.05) is 6.07 Å². The Hall–Kier alpha value is -2.36. The second-order valence-electron chi connectivity index (χ2n) is 5.35. The summed E-state index contributed by atoms with van der Waals surface area (Å²) in [6.07, 6.45) is 3.39. The van der Waals surface area contributed by atoms with Crippen molar-refractivity contribution < 1.29 is 9.53 Å². The van der Waals surface area contributed by atoms with Crippen LogP contribution < -0.4 is 10.2 Å². The van der Waals surface area contributed by atoms with Gasteiger partial charge < -0.3 is 15.0 Å². The molecule has 7 nitrogen and oxygen atoms in total. The van der Waals surface area contributed by atoms with Gasteiger partial charge in [-0.2, -0.15) is 4.37 Å². The van der Waals surface area contributed by atoms with Gasteiger partial charge in [0.15, 0.2) is 0 Å². The summed E-state index contributed by atoms with van der Waals surface area (Å²) in [7, 11) is 0. The van der Waals surface area contributed by atoms with Gasteiger partial charge in [0.2, 0.25) is 0 Å². The van der Waals surface area contributed by atoms with Crippen LogP contribution in [0.15, 0.2) is 36.0 Å². The molecule has 0 aromatic carbocycles. The molecule has 0 radical (unpaired) electrons. The lowest BCUT2D eigenvalue weighted by Gasteiger charge is -2.27. The van der Waals surface area contributed by atoms with Crippen molar-refractivity contribution in [2.45, 2.75) is 0 Å². The van der Waals surface area contributed by atoms with Crippen LogP contribution in [0.3, 0.4) is 0 Å². The van der Waals surface area contributed by atoms with Gasteiger partial charge >= 0.3 is 0 Å². The number of ether oxygens (including phenoxy) is 1. The fourth-order valence-electron chi connectivity index (χ4n) is 2.48. The van der Waals surface area contributed by atoms with Crippen LogP contribution in [0.4, 0.5) is 10.7 Å². The predicted molar refractivity (Wildman–Crippen MR) is 98.4 cm³/mol. The van der Waals surface area contributed by atoms with E-state index < -0.39 is 0 Å². The third-order valence-corrected chi connectivity index (χ3v) is 5.45. The lowest BCUT2D eigenvalue weighted by molar-refractivity contribution is 0.102. The van der Waals surface area contributed by atoms with E-state index >= 15 is 0 Å². The molecule has 1 N–H and O–H groups in total. The number of aromatic nitrogens is 3. The number of morpholine rings is 1.